The second-order valence-corrected chi connectivity index (χ2v) is 4.37. The third-order valence-electron chi connectivity index (χ3n) is 2.95. The van der Waals surface area contributed by atoms with Crippen LogP contribution in [0.3, 0.4) is 0 Å². The van der Waals surface area contributed by atoms with Gasteiger partial charge in [-0.25, -0.2) is 4.98 Å². The van der Waals surface area contributed by atoms with Crippen LogP contribution in [0.5, 0.6) is 0 Å². The van der Waals surface area contributed by atoms with Gasteiger partial charge in [-0.3, -0.25) is 0 Å². The van der Waals surface area contributed by atoms with Crippen molar-refractivity contribution in [3.05, 3.63) is 72.7 Å². The number of aromatic nitrogens is 2. The van der Waals surface area contributed by atoms with Crippen molar-refractivity contribution in [2.75, 3.05) is 0 Å². The van der Waals surface area contributed by atoms with Gasteiger partial charge in [-0.1, -0.05) is 42.5 Å². The lowest BCUT2D eigenvalue weighted by molar-refractivity contribution is 1.05. The molecule has 2 heteroatoms. The molecule has 0 fully saturated rings. The molecule has 0 saturated heterocycles. The van der Waals surface area contributed by atoms with Gasteiger partial charge >= 0.3 is 0 Å². The van der Waals surface area contributed by atoms with Crippen LogP contribution in [0.2, 0.25) is 0 Å². The topological polar surface area (TPSA) is 17.8 Å². The minimum atomic E-state index is 0.997. The van der Waals surface area contributed by atoms with E-state index in [-0.39, 0.29) is 0 Å². The maximum Gasteiger partial charge on any atom is 0.0999 e. The van der Waals surface area contributed by atoms with Gasteiger partial charge in [0, 0.05) is 17.4 Å². The Morgan fingerprint density at radius 3 is 2.56 bits per heavy atom. The summed E-state index contributed by atoms with van der Waals surface area (Å²) in [5.41, 5.74) is 4.54. The Balaban J connectivity index is 2.00. The zero-order valence-electron chi connectivity index (χ0n) is 10.2. The van der Waals surface area contributed by atoms with Gasteiger partial charge < -0.3 is 4.57 Å². The molecule has 1 heterocycles. The number of rotatable bonds is 2. The van der Waals surface area contributed by atoms with E-state index in [1.165, 1.54) is 5.56 Å². The average Bonchev–Trinajstić information content (AvgIpc) is 2.89. The Morgan fingerprint density at radius 2 is 1.78 bits per heavy atom. The lowest BCUT2D eigenvalue weighted by atomic mass is 10.2. The minimum Gasteiger partial charge on any atom is -0.306 e. The van der Waals surface area contributed by atoms with Gasteiger partial charge in [0.15, 0.2) is 0 Å². The van der Waals surface area contributed by atoms with Crippen molar-refractivity contribution in [1.82, 2.24) is 9.55 Å². The first kappa shape index (κ1) is 10.8. The average molecular weight is 234 g/mol. The van der Waals surface area contributed by atoms with E-state index >= 15 is 0 Å². The molecule has 0 bridgehead atoms. The molecule has 0 aliphatic rings. The molecule has 3 rings (SSSR count). The molecule has 0 amide bonds. The third kappa shape index (κ3) is 2.05. The summed E-state index contributed by atoms with van der Waals surface area (Å²) in [6.45, 7) is 2.10. The Kier molecular flexibility index (Phi) is 2.69. The maximum atomic E-state index is 4.46. The molecule has 88 valence electrons. The van der Waals surface area contributed by atoms with E-state index in [1.807, 2.05) is 24.5 Å². The molecule has 0 aliphatic heterocycles. The van der Waals surface area contributed by atoms with Crippen LogP contribution in [0.25, 0.3) is 16.9 Å². The van der Waals surface area contributed by atoms with Gasteiger partial charge in [0.05, 0.1) is 12.0 Å². The molecule has 1 aromatic heterocycles. The Morgan fingerprint density at radius 1 is 0.944 bits per heavy atom. The third-order valence-corrected chi connectivity index (χ3v) is 2.95. The minimum absolute atomic E-state index is 0.997. The fourth-order valence-electron chi connectivity index (χ4n) is 2.01. The molecule has 0 aliphatic carbocycles. The predicted octanol–water partition coefficient (Wildman–Crippen LogP) is 3.85. The van der Waals surface area contributed by atoms with Crippen molar-refractivity contribution < 1.29 is 0 Å². The highest BCUT2D eigenvalue weighted by Crippen LogP contribution is 2.18. The first-order chi connectivity index (χ1) is 8.83. The van der Waals surface area contributed by atoms with Crippen LogP contribution in [-0.4, -0.2) is 9.55 Å². The smallest absolute Gasteiger partial charge is 0.0999 e. The van der Waals surface area contributed by atoms with E-state index in [4.69, 9.17) is 0 Å². The molecule has 2 aromatic carbocycles. The zero-order chi connectivity index (χ0) is 12.4. The Hall–Kier alpha value is -2.35. The van der Waals surface area contributed by atoms with Crippen LogP contribution in [0.15, 0.2) is 67.1 Å². The van der Waals surface area contributed by atoms with Crippen molar-refractivity contribution >= 4 is 0 Å². The highest BCUT2D eigenvalue weighted by atomic mass is 15.0. The van der Waals surface area contributed by atoms with Crippen LogP contribution in [-0.2, 0) is 0 Å². The van der Waals surface area contributed by atoms with Crippen molar-refractivity contribution in [2.45, 2.75) is 6.92 Å². The number of hydrogen-bond acceptors (Lipinski definition) is 1. The maximum absolute atomic E-state index is 4.46. The van der Waals surface area contributed by atoms with Crippen molar-refractivity contribution in [1.29, 1.82) is 0 Å². The first-order valence-corrected chi connectivity index (χ1v) is 5.99. The van der Waals surface area contributed by atoms with Gasteiger partial charge in [-0.05, 0) is 24.6 Å². The molecular weight excluding hydrogens is 220 g/mol. The lowest BCUT2D eigenvalue weighted by Gasteiger charge is -2.02. The lowest BCUT2D eigenvalue weighted by Crippen LogP contribution is -1.89. The quantitative estimate of drug-likeness (QED) is 0.658. The zero-order valence-corrected chi connectivity index (χ0v) is 10.2. The van der Waals surface area contributed by atoms with Gasteiger partial charge in [0.2, 0.25) is 0 Å². The SMILES string of the molecule is Cc1cccc(-n2cnc(-c3ccccc3)c2)c1. The van der Waals surface area contributed by atoms with Crippen LogP contribution < -0.4 is 0 Å². The first-order valence-electron chi connectivity index (χ1n) is 5.99. The number of imidazole rings is 1. The largest absolute Gasteiger partial charge is 0.306 e. The molecule has 2 nitrogen and oxygen atoms in total. The van der Waals surface area contributed by atoms with Crippen LogP contribution >= 0.6 is 0 Å². The molecule has 0 unspecified atom stereocenters. The van der Waals surface area contributed by atoms with Crippen molar-refractivity contribution in [3.8, 4) is 16.9 Å². The number of aryl methyl sites for hydroxylation is 1. The number of hydrogen-bond donors (Lipinski definition) is 0. The van der Waals surface area contributed by atoms with Gasteiger partial charge in [-0.15, -0.1) is 0 Å². The van der Waals surface area contributed by atoms with Crippen LogP contribution in [0, 0.1) is 6.92 Å². The summed E-state index contributed by atoms with van der Waals surface area (Å²) in [4.78, 5) is 4.46. The molecule has 0 saturated carbocycles. The van der Waals surface area contributed by atoms with Gasteiger partial charge in [0.25, 0.3) is 0 Å². The van der Waals surface area contributed by atoms with E-state index in [0.717, 1.165) is 16.9 Å². The summed E-state index contributed by atoms with van der Waals surface area (Å²) in [6, 6.07) is 18.6. The summed E-state index contributed by atoms with van der Waals surface area (Å²) in [5, 5.41) is 0. The fourth-order valence-corrected chi connectivity index (χ4v) is 2.01. The summed E-state index contributed by atoms with van der Waals surface area (Å²) in [5.74, 6) is 0. The van der Waals surface area contributed by atoms with Crippen LogP contribution in [0.1, 0.15) is 5.56 Å². The number of nitrogens with zero attached hydrogens (tertiary/aromatic N) is 2. The highest BCUT2D eigenvalue weighted by molar-refractivity contribution is 5.58. The van der Waals surface area contributed by atoms with E-state index in [9.17, 15) is 0 Å². The Bertz CT molecular complexity index is 654. The Labute approximate surface area is 107 Å². The van der Waals surface area contributed by atoms with E-state index in [1.54, 1.807) is 0 Å². The molecule has 0 atom stereocenters. The predicted molar refractivity (Wildman–Crippen MR) is 73.7 cm³/mol. The van der Waals surface area contributed by atoms with E-state index in [2.05, 4.69) is 59.1 Å². The van der Waals surface area contributed by atoms with Crippen molar-refractivity contribution in [3.63, 3.8) is 0 Å². The second kappa shape index (κ2) is 4.49. The summed E-state index contributed by atoms with van der Waals surface area (Å²) in [6.07, 6.45) is 3.92. The van der Waals surface area contributed by atoms with Crippen molar-refractivity contribution in [2.24, 2.45) is 0 Å². The summed E-state index contributed by atoms with van der Waals surface area (Å²) >= 11 is 0. The molecule has 0 spiro atoms. The van der Waals surface area contributed by atoms with E-state index in [0.29, 0.717) is 0 Å². The summed E-state index contributed by atoms with van der Waals surface area (Å²) < 4.78 is 2.05. The second-order valence-electron chi connectivity index (χ2n) is 4.37. The normalized spacial score (nSPS) is 10.5. The molecule has 3 aromatic rings. The molecule has 0 radical (unpaired) electrons. The molecule has 18 heavy (non-hydrogen) atoms. The van der Waals surface area contributed by atoms with Gasteiger partial charge in [-0.2, -0.15) is 0 Å². The van der Waals surface area contributed by atoms with Crippen LogP contribution in [0.4, 0.5) is 0 Å². The molecular formula is C16H14N2. The highest BCUT2D eigenvalue weighted by Gasteiger charge is 2.02. The van der Waals surface area contributed by atoms with Gasteiger partial charge in [0.1, 0.15) is 0 Å². The summed E-state index contributed by atoms with van der Waals surface area (Å²) in [7, 11) is 0. The standard InChI is InChI=1S/C16H14N2/c1-13-6-5-9-15(10-13)18-11-16(17-12-18)14-7-3-2-4-8-14/h2-12H,1H3. The molecule has 0 N–H and O–H groups in total. The monoisotopic (exact) mass is 234 g/mol. The van der Waals surface area contributed by atoms with E-state index < -0.39 is 0 Å². The number of benzene rings is 2. The fraction of sp³-hybridized carbons (Fsp3) is 0.0625.